The van der Waals surface area contributed by atoms with E-state index in [-0.39, 0.29) is 4.90 Å². The highest BCUT2D eigenvalue weighted by Crippen LogP contribution is 2.22. The van der Waals surface area contributed by atoms with Crippen LogP contribution in [0.2, 0.25) is 0 Å². The van der Waals surface area contributed by atoms with Gasteiger partial charge in [0.05, 0.1) is 25.0 Å². The van der Waals surface area contributed by atoms with E-state index in [1.807, 2.05) is 24.3 Å². The minimum atomic E-state index is -3.77. The average molecular weight is 295 g/mol. The van der Waals surface area contributed by atoms with Crippen LogP contribution in [0, 0.1) is 13.8 Å². The lowest BCUT2D eigenvalue weighted by Gasteiger charge is -2.09. The Hall–Kier alpha value is -1.86. The summed E-state index contributed by atoms with van der Waals surface area (Å²) < 4.78 is 30.0. The number of nitrogens with zero attached hydrogens (tertiary/aromatic N) is 2. The van der Waals surface area contributed by atoms with Crippen molar-refractivity contribution in [3.63, 3.8) is 0 Å². The van der Waals surface area contributed by atoms with Crippen LogP contribution in [0.15, 0.2) is 29.2 Å². The Bertz CT molecular complexity index is 735. The SMILES string of the molecule is COc1ccccc1Cn1nc(C)c(S(N)(=O)=O)c1C. The third kappa shape index (κ3) is 2.68. The number of rotatable bonds is 4. The summed E-state index contributed by atoms with van der Waals surface area (Å²) in [5, 5.41) is 9.46. The lowest BCUT2D eigenvalue weighted by molar-refractivity contribution is 0.407. The number of sulfonamides is 1. The molecule has 6 nitrogen and oxygen atoms in total. The van der Waals surface area contributed by atoms with Crippen molar-refractivity contribution in [2.45, 2.75) is 25.3 Å². The Labute approximate surface area is 118 Å². The molecule has 0 aliphatic carbocycles. The highest BCUT2D eigenvalue weighted by Gasteiger charge is 2.21. The summed E-state index contributed by atoms with van der Waals surface area (Å²) in [4.78, 5) is 0.0902. The van der Waals surface area contributed by atoms with E-state index in [1.165, 1.54) is 0 Å². The minimum absolute atomic E-state index is 0.0902. The molecule has 1 aromatic carbocycles. The van der Waals surface area contributed by atoms with Crippen molar-refractivity contribution in [2.75, 3.05) is 7.11 Å². The zero-order valence-corrected chi connectivity index (χ0v) is 12.4. The van der Waals surface area contributed by atoms with Crippen LogP contribution in [0.3, 0.4) is 0 Å². The molecule has 0 saturated carbocycles. The van der Waals surface area contributed by atoms with Gasteiger partial charge in [-0.1, -0.05) is 18.2 Å². The smallest absolute Gasteiger partial charge is 0.241 e. The van der Waals surface area contributed by atoms with E-state index < -0.39 is 10.0 Å². The van der Waals surface area contributed by atoms with E-state index in [2.05, 4.69) is 5.10 Å². The Morgan fingerprint density at radius 2 is 1.95 bits per heavy atom. The highest BCUT2D eigenvalue weighted by molar-refractivity contribution is 7.89. The Morgan fingerprint density at radius 1 is 1.30 bits per heavy atom. The van der Waals surface area contributed by atoms with Crippen LogP contribution in [0.25, 0.3) is 0 Å². The van der Waals surface area contributed by atoms with E-state index >= 15 is 0 Å². The normalized spacial score (nSPS) is 11.6. The zero-order valence-electron chi connectivity index (χ0n) is 11.6. The molecule has 0 fully saturated rings. The van der Waals surface area contributed by atoms with E-state index in [0.29, 0.717) is 17.9 Å². The summed E-state index contributed by atoms with van der Waals surface area (Å²) in [5.74, 6) is 0.734. The third-order valence-corrected chi connectivity index (χ3v) is 4.27. The van der Waals surface area contributed by atoms with Crippen LogP contribution in [0.1, 0.15) is 17.0 Å². The topological polar surface area (TPSA) is 87.2 Å². The monoisotopic (exact) mass is 295 g/mol. The predicted octanol–water partition coefficient (Wildman–Crippen LogP) is 1.20. The van der Waals surface area contributed by atoms with Gasteiger partial charge in [-0.15, -0.1) is 0 Å². The number of primary sulfonamides is 1. The third-order valence-electron chi connectivity index (χ3n) is 3.11. The Balaban J connectivity index is 2.46. The standard InChI is InChI=1S/C13H17N3O3S/c1-9-13(20(14,17)18)10(2)16(15-9)8-11-6-4-5-7-12(11)19-3/h4-7H,8H2,1-3H3,(H2,14,17,18). The molecule has 7 heteroatoms. The maximum absolute atomic E-state index is 11.6. The molecule has 1 aromatic heterocycles. The second kappa shape index (κ2) is 5.26. The van der Waals surface area contributed by atoms with E-state index in [1.54, 1.807) is 25.6 Å². The molecule has 2 aromatic rings. The van der Waals surface area contributed by atoms with Gasteiger partial charge in [-0.05, 0) is 19.9 Å². The van der Waals surface area contributed by atoms with Crippen molar-refractivity contribution in [1.29, 1.82) is 0 Å². The molecule has 2 N–H and O–H groups in total. The van der Waals surface area contributed by atoms with Gasteiger partial charge in [0.2, 0.25) is 10.0 Å². The first-order valence-electron chi connectivity index (χ1n) is 6.03. The van der Waals surface area contributed by atoms with Crippen molar-refractivity contribution >= 4 is 10.0 Å². The maximum atomic E-state index is 11.6. The fraction of sp³-hybridized carbons (Fsp3) is 0.308. The Morgan fingerprint density at radius 3 is 2.50 bits per heavy atom. The van der Waals surface area contributed by atoms with Gasteiger partial charge >= 0.3 is 0 Å². The van der Waals surface area contributed by atoms with Crippen LogP contribution < -0.4 is 9.88 Å². The molecule has 2 rings (SSSR count). The van der Waals surface area contributed by atoms with Gasteiger partial charge in [-0.3, -0.25) is 4.68 Å². The number of benzene rings is 1. The maximum Gasteiger partial charge on any atom is 0.241 e. The average Bonchev–Trinajstić information content (AvgIpc) is 2.64. The number of nitrogens with two attached hydrogens (primary N) is 1. The molecule has 0 radical (unpaired) electrons. The zero-order chi connectivity index (χ0) is 14.9. The van der Waals surface area contributed by atoms with Gasteiger partial charge in [-0.25, -0.2) is 13.6 Å². The van der Waals surface area contributed by atoms with Gasteiger partial charge in [-0.2, -0.15) is 5.10 Å². The van der Waals surface area contributed by atoms with E-state index in [9.17, 15) is 8.42 Å². The Kier molecular flexibility index (Phi) is 3.82. The quantitative estimate of drug-likeness (QED) is 0.918. The summed E-state index contributed by atoms with van der Waals surface area (Å²) in [6.45, 7) is 3.74. The summed E-state index contributed by atoms with van der Waals surface area (Å²) >= 11 is 0. The number of aryl methyl sites for hydroxylation is 1. The molecule has 0 atom stereocenters. The second-order valence-electron chi connectivity index (χ2n) is 4.51. The van der Waals surface area contributed by atoms with Crippen molar-refractivity contribution < 1.29 is 13.2 Å². The lowest BCUT2D eigenvalue weighted by atomic mass is 10.2. The van der Waals surface area contributed by atoms with Crippen molar-refractivity contribution in [3.05, 3.63) is 41.2 Å². The van der Waals surface area contributed by atoms with Crippen molar-refractivity contribution in [1.82, 2.24) is 9.78 Å². The van der Waals surface area contributed by atoms with Crippen LogP contribution >= 0.6 is 0 Å². The van der Waals surface area contributed by atoms with Crippen molar-refractivity contribution in [3.8, 4) is 5.75 Å². The molecular weight excluding hydrogens is 278 g/mol. The second-order valence-corrected chi connectivity index (χ2v) is 6.01. The highest BCUT2D eigenvalue weighted by atomic mass is 32.2. The molecule has 0 saturated heterocycles. The summed E-state index contributed by atoms with van der Waals surface area (Å²) in [6.07, 6.45) is 0. The first-order valence-corrected chi connectivity index (χ1v) is 7.58. The molecular formula is C13H17N3O3S. The molecule has 0 aliphatic heterocycles. The van der Waals surface area contributed by atoms with Gasteiger partial charge < -0.3 is 4.74 Å². The molecule has 0 bridgehead atoms. The van der Waals surface area contributed by atoms with Crippen LogP contribution in [0.4, 0.5) is 0 Å². The fourth-order valence-corrected chi connectivity index (χ4v) is 3.21. The molecule has 0 spiro atoms. The number of ether oxygens (including phenoxy) is 1. The predicted molar refractivity (Wildman–Crippen MR) is 75.2 cm³/mol. The molecule has 20 heavy (non-hydrogen) atoms. The number of methoxy groups -OCH3 is 1. The van der Waals surface area contributed by atoms with E-state index in [0.717, 1.165) is 11.3 Å². The van der Waals surface area contributed by atoms with Crippen LogP contribution in [0.5, 0.6) is 5.75 Å². The fourth-order valence-electron chi connectivity index (χ4n) is 2.24. The van der Waals surface area contributed by atoms with Crippen LogP contribution in [-0.2, 0) is 16.6 Å². The van der Waals surface area contributed by atoms with Crippen LogP contribution in [-0.4, -0.2) is 25.3 Å². The molecule has 0 amide bonds. The number of aromatic nitrogens is 2. The van der Waals surface area contributed by atoms with Gasteiger partial charge in [0.15, 0.2) is 0 Å². The summed E-state index contributed by atoms with van der Waals surface area (Å²) in [5.41, 5.74) is 1.84. The van der Waals surface area contributed by atoms with Crippen molar-refractivity contribution in [2.24, 2.45) is 5.14 Å². The van der Waals surface area contributed by atoms with E-state index in [4.69, 9.17) is 9.88 Å². The minimum Gasteiger partial charge on any atom is -0.496 e. The van der Waals surface area contributed by atoms with Gasteiger partial charge in [0, 0.05) is 5.56 Å². The summed E-state index contributed by atoms with van der Waals surface area (Å²) in [7, 11) is -2.17. The molecule has 1 heterocycles. The number of para-hydroxylation sites is 1. The van der Waals surface area contributed by atoms with Gasteiger partial charge in [0.25, 0.3) is 0 Å². The van der Waals surface area contributed by atoms with Gasteiger partial charge in [0.1, 0.15) is 10.6 Å². The molecule has 108 valence electrons. The largest absolute Gasteiger partial charge is 0.496 e. The molecule has 0 unspecified atom stereocenters. The summed E-state index contributed by atoms with van der Waals surface area (Å²) in [6, 6.07) is 7.52. The first kappa shape index (κ1) is 14.5. The number of hydrogen-bond acceptors (Lipinski definition) is 4. The first-order chi connectivity index (χ1) is 9.34. The lowest BCUT2D eigenvalue weighted by Crippen LogP contribution is -2.14. The molecule has 0 aliphatic rings. The number of hydrogen-bond donors (Lipinski definition) is 1.